The van der Waals surface area contributed by atoms with Crippen molar-refractivity contribution in [3.05, 3.63) is 0 Å². The largest absolute Gasteiger partial charge is 0.271 e. The molecule has 0 bridgehead atoms. The second kappa shape index (κ2) is 4.19. The molecule has 0 saturated heterocycles. The summed E-state index contributed by atoms with van der Waals surface area (Å²) in [6, 6.07) is 0.426. The topological polar surface area (TPSA) is 38.0 Å². The standard InChI is InChI=1S/C12H26N2/c1-11(2,3)10(14-13)12(4)8-6-5-7-9-12/h10,14H,5-9,13H2,1-4H3. The van der Waals surface area contributed by atoms with Crippen molar-refractivity contribution in [3.8, 4) is 0 Å². The summed E-state index contributed by atoms with van der Waals surface area (Å²) >= 11 is 0. The highest BCUT2D eigenvalue weighted by Crippen LogP contribution is 2.44. The second-order valence-corrected chi connectivity index (χ2v) is 6.18. The minimum atomic E-state index is 0.251. The Morgan fingerprint density at radius 3 is 2.00 bits per heavy atom. The van der Waals surface area contributed by atoms with E-state index in [9.17, 15) is 0 Å². The van der Waals surface area contributed by atoms with Gasteiger partial charge in [0.25, 0.3) is 0 Å². The van der Waals surface area contributed by atoms with Crippen molar-refractivity contribution in [1.29, 1.82) is 0 Å². The van der Waals surface area contributed by atoms with Crippen LogP contribution in [0.15, 0.2) is 0 Å². The first-order valence-electron chi connectivity index (χ1n) is 5.86. The summed E-state index contributed by atoms with van der Waals surface area (Å²) in [6.07, 6.45) is 6.77. The summed E-state index contributed by atoms with van der Waals surface area (Å²) < 4.78 is 0. The van der Waals surface area contributed by atoms with Gasteiger partial charge in [-0.2, -0.15) is 0 Å². The van der Waals surface area contributed by atoms with Crippen LogP contribution in [0.3, 0.4) is 0 Å². The quantitative estimate of drug-likeness (QED) is 0.529. The van der Waals surface area contributed by atoms with Gasteiger partial charge in [-0.15, -0.1) is 0 Å². The summed E-state index contributed by atoms with van der Waals surface area (Å²) in [5.41, 5.74) is 3.70. The molecule has 3 N–H and O–H groups in total. The lowest BCUT2D eigenvalue weighted by atomic mass is 9.63. The molecule has 1 aliphatic carbocycles. The molecule has 1 saturated carbocycles. The Kier molecular flexibility index (Phi) is 3.59. The van der Waals surface area contributed by atoms with Crippen LogP contribution in [-0.4, -0.2) is 6.04 Å². The third-order valence-electron chi connectivity index (χ3n) is 3.73. The fourth-order valence-electron chi connectivity index (χ4n) is 3.14. The molecule has 0 aromatic rings. The summed E-state index contributed by atoms with van der Waals surface area (Å²) in [6.45, 7) is 9.22. The molecule has 0 aromatic heterocycles. The third kappa shape index (κ3) is 2.48. The smallest absolute Gasteiger partial charge is 0.0312 e. The van der Waals surface area contributed by atoms with E-state index in [1.807, 2.05) is 0 Å². The van der Waals surface area contributed by atoms with Crippen molar-refractivity contribution in [2.75, 3.05) is 0 Å². The van der Waals surface area contributed by atoms with Gasteiger partial charge in [0.2, 0.25) is 0 Å². The third-order valence-corrected chi connectivity index (χ3v) is 3.73. The van der Waals surface area contributed by atoms with Crippen LogP contribution in [0.1, 0.15) is 59.8 Å². The van der Waals surface area contributed by atoms with Crippen molar-refractivity contribution < 1.29 is 0 Å². The van der Waals surface area contributed by atoms with E-state index >= 15 is 0 Å². The van der Waals surface area contributed by atoms with Gasteiger partial charge in [-0.1, -0.05) is 47.0 Å². The van der Waals surface area contributed by atoms with E-state index in [0.29, 0.717) is 11.5 Å². The van der Waals surface area contributed by atoms with Crippen LogP contribution < -0.4 is 11.3 Å². The van der Waals surface area contributed by atoms with Crippen LogP contribution in [0.25, 0.3) is 0 Å². The lowest BCUT2D eigenvalue weighted by Gasteiger charge is -2.46. The van der Waals surface area contributed by atoms with E-state index in [1.54, 1.807) is 0 Å². The van der Waals surface area contributed by atoms with Crippen molar-refractivity contribution in [2.45, 2.75) is 65.8 Å². The van der Waals surface area contributed by atoms with Crippen LogP contribution in [-0.2, 0) is 0 Å². The molecule has 0 amide bonds. The molecule has 14 heavy (non-hydrogen) atoms. The van der Waals surface area contributed by atoms with Crippen molar-refractivity contribution >= 4 is 0 Å². The van der Waals surface area contributed by atoms with E-state index in [-0.39, 0.29) is 5.41 Å². The Labute approximate surface area is 88.6 Å². The molecule has 0 heterocycles. The molecule has 0 aromatic carbocycles. The van der Waals surface area contributed by atoms with E-state index in [1.165, 1.54) is 32.1 Å². The number of nitrogens with two attached hydrogens (primary N) is 1. The number of hydrogen-bond acceptors (Lipinski definition) is 2. The fraction of sp³-hybridized carbons (Fsp3) is 1.00. The molecule has 1 rings (SSSR count). The first-order chi connectivity index (χ1) is 6.40. The van der Waals surface area contributed by atoms with Crippen LogP contribution in [0, 0.1) is 10.8 Å². The summed E-state index contributed by atoms with van der Waals surface area (Å²) in [7, 11) is 0. The minimum Gasteiger partial charge on any atom is -0.271 e. The van der Waals surface area contributed by atoms with Gasteiger partial charge in [0.1, 0.15) is 0 Å². The van der Waals surface area contributed by atoms with E-state index in [0.717, 1.165) is 0 Å². The van der Waals surface area contributed by atoms with Gasteiger partial charge in [-0.05, 0) is 23.7 Å². The predicted octanol–water partition coefficient (Wildman–Crippen LogP) is 2.83. The van der Waals surface area contributed by atoms with E-state index in [4.69, 9.17) is 5.84 Å². The Morgan fingerprint density at radius 2 is 1.64 bits per heavy atom. The normalized spacial score (nSPS) is 24.6. The molecule has 1 atom stereocenters. The molecule has 84 valence electrons. The number of hydrazine groups is 1. The van der Waals surface area contributed by atoms with Gasteiger partial charge in [0, 0.05) is 6.04 Å². The van der Waals surface area contributed by atoms with Crippen molar-refractivity contribution in [2.24, 2.45) is 16.7 Å². The van der Waals surface area contributed by atoms with Crippen molar-refractivity contribution in [3.63, 3.8) is 0 Å². The SMILES string of the molecule is CC(C)(C)C(NN)C1(C)CCCCC1. The average Bonchev–Trinajstić information content (AvgIpc) is 2.03. The van der Waals surface area contributed by atoms with E-state index < -0.39 is 0 Å². The molecule has 1 aliphatic rings. The maximum absolute atomic E-state index is 5.72. The first-order valence-corrected chi connectivity index (χ1v) is 5.86. The average molecular weight is 198 g/mol. The zero-order chi connectivity index (χ0) is 10.8. The second-order valence-electron chi connectivity index (χ2n) is 6.18. The van der Waals surface area contributed by atoms with Crippen LogP contribution in [0.4, 0.5) is 0 Å². The maximum Gasteiger partial charge on any atom is 0.0312 e. The van der Waals surface area contributed by atoms with Gasteiger partial charge in [-0.25, -0.2) is 0 Å². The molecular weight excluding hydrogens is 172 g/mol. The van der Waals surface area contributed by atoms with Crippen LogP contribution in [0.2, 0.25) is 0 Å². The highest BCUT2D eigenvalue weighted by molar-refractivity contribution is 4.95. The van der Waals surface area contributed by atoms with Crippen molar-refractivity contribution in [1.82, 2.24) is 5.43 Å². The Bertz CT molecular complexity index is 175. The first kappa shape index (κ1) is 12.0. The Balaban J connectivity index is 2.76. The molecule has 0 aliphatic heterocycles. The molecule has 1 unspecified atom stereocenters. The molecule has 1 fully saturated rings. The minimum absolute atomic E-state index is 0.251. The zero-order valence-electron chi connectivity index (χ0n) is 10.2. The molecule has 0 radical (unpaired) electrons. The summed E-state index contributed by atoms with van der Waals surface area (Å²) in [5.74, 6) is 5.72. The number of hydrogen-bond donors (Lipinski definition) is 2. The number of nitrogens with one attached hydrogen (secondary N) is 1. The fourth-order valence-corrected chi connectivity index (χ4v) is 3.14. The lowest BCUT2D eigenvalue weighted by Crippen LogP contribution is -2.54. The Hall–Kier alpha value is -0.0800. The summed E-state index contributed by atoms with van der Waals surface area (Å²) in [4.78, 5) is 0. The van der Waals surface area contributed by atoms with Gasteiger partial charge in [-0.3, -0.25) is 11.3 Å². The van der Waals surface area contributed by atoms with Gasteiger partial charge in [0.05, 0.1) is 0 Å². The van der Waals surface area contributed by atoms with Gasteiger partial charge < -0.3 is 0 Å². The Morgan fingerprint density at radius 1 is 1.14 bits per heavy atom. The number of rotatable bonds is 2. The molecule has 0 spiro atoms. The molecule has 2 heteroatoms. The zero-order valence-corrected chi connectivity index (χ0v) is 10.2. The molecular formula is C12H26N2. The highest BCUT2D eigenvalue weighted by Gasteiger charge is 2.41. The summed E-state index contributed by atoms with van der Waals surface area (Å²) in [5, 5.41) is 0. The van der Waals surface area contributed by atoms with Gasteiger partial charge >= 0.3 is 0 Å². The van der Waals surface area contributed by atoms with E-state index in [2.05, 4.69) is 33.1 Å². The van der Waals surface area contributed by atoms with Gasteiger partial charge in [0.15, 0.2) is 0 Å². The van der Waals surface area contributed by atoms with Crippen LogP contribution >= 0.6 is 0 Å². The molecule has 2 nitrogen and oxygen atoms in total. The highest BCUT2D eigenvalue weighted by atomic mass is 15.2. The predicted molar refractivity (Wildman–Crippen MR) is 61.8 cm³/mol. The lowest BCUT2D eigenvalue weighted by molar-refractivity contribution is 0.0698. The monoisotopic (exact) mass is 198 g/mol. The van der Waals surface area contributed by atoms with Crippen LogP contribution in [0.5, 0.6) is 0 Å². The maximum atomic E-state index is 5.72.